The lowest BCUT2D eigenvalue weighted by Crippen LogP contribution is -2.17. The molecule has 0 aliphatic rings. The maximum absolute atomic E-state index is 12.2. The van der Waals surface area contributed by atoms with Crippen molar-refractivity contribution in [1.29, 1.82) is 0 Å². The molecule has 0 rings (SSSR count). The molecule has 1 atom stereocenters. The second kappa shape index (κ2) is 27.5. The molecule has 0 fully saturated rings. The largest absolute Gasteiger partial charge is 0.481 e. The van der Waals surface area contributed by atoms with Gasteiger partial charge in [0, 0.05) is 12.8 Å². The maximum Gasteiger partial charge on any atom is 0.306 e. The number of esters is 1. The number of ether oxygens (including phenoxy) is 1. The fraction of sp³-hybridized carbons (Fsp3) is 0.935. The van der Waals surface area contributed by atoms with Crippen LogP contribution in [0.3, 0.4) is 0 Å². The predicted octanol–water partition coefficient (Wildman–Crippen LogP) is 10.2. The summed E-state index contributed by atoms with van der Waals surface area (Å²) in [5.74, 6) is -0.663. The molecule has 1 N–H and O–H groups in total. The SMILES string of the molecule is CCCCCCCCCCCCCC(=O)OC(CC)CCCCCCCCCCCCCC(=O)O. The molecule has 35 heavy (non-hydrogen) atoms. The van der Waals surface area contributed by atoms with E-state index < -0.39 is 5.97 Å². The van der Waals surface area contributed by atoms with Crippen LogP contribution in [0.2, 0.25) is 0 Å². The average molecular weight is 497 g/mol. The minimum absolute atomic E-state index is 0.00994. The fourth-order valence-corrected chi connectivity index (χ4v) is 4.76. The van der Waals surface area contributed by atoms with Crippen molar-refractivity contribution in [3.63, 3.8) is 0 Å². The monoisotopic (exact) mass is 496 g/mol. The number of unbranched alkanes of at least 4 members (excludes halogenated alkanes) is 20. The lowest BCUT2D eigenvalue weighted by molar-refractivity contribution is -0.149. The van der Waals surface area contributed by atoms with Gasteiger partial charge in [-0.3, -0.25) is 9.59 Å². The van der Waals surface area contributed by atoms with Gasteiger partial charge in [-0.05, 0) is 32.1 Å². The number of aliphatic carboxylic acids is 1. The molecule has 0 aromatic carbocycles. The maximum atomic E-state index is 12.2. The quantitative estimate of drug-likeness (QED) is 0.0864. The molecule has 0 spiro atoms. The Morgan fingerprint density at radius 2 is 0.914 bits per heavy atom. The molecular formula is C31H60O4. The molecule has 0 aliphatic heterocycles. The lowest BCUT2D eigenvalue weighted by Gasteiger charge is -2.16. The van der Waals surface area contributed by atoms with Gasteiger partial charge in [0.2, 0.25) is 0 Å². The van der Waals surface area contributed by atoms with E-state index in [4.69, 9.17) is 9.84 Å². The second-order valence-electron chi connectivity index (χ2n) is 10.6. The van der Waals surface area contributed by atoms with E-state index in [2.05, 4.69) is 13.8 Å². The molecule has 0 heterocycles. The third-order valence-electron chi connectivity index (χ3n) is 7.15. The van der Waals surface area contributed by atoms with Crippen molar-refractivity contribution in [2.75, 3.05) is 0 Å². The summed E-state index contributed by atoms with van der Waals surface area (Å²) in [6.07, 6.45) is 30.4. The number of hydrogen-bond donors (Lipinski definition) is 1. The average Bonchev–Trinajstić information content (AvgIpc) is 2.84. The third kappa shape index (κ3) is 27.4. The topological polar surface area (TPSA) is 63.6 Å². The normalized spacial score (nSPS) is 12.1. The van der Waals surface area contributed by atoms with Crippen LogP contribution < -0.4 is 0 Å². The highest BCUT2D eigenvalue weighted by Gasteiger charge is 2.12. The highest BCUT2D eigenvalue weighted by molar-refractivity contribution is 5.69. The Labute approximate surface area is 218 Å². The molecule has 0 amide bonds. The summed E-state index contributed by atoms with van der Waals surface area (Å²) in [6.45, 7) is 4.39. The Balaban J connectivity index is 3.43. The molecule has 0 aliphatic carbocycles. The van der Waals surface area contributed by atoms with Crippen molar-refractivity contribution in [2.24, 2.45) is 0 Å². The van der Waals surface area contributed by atoms with E-state index >= 15 is 0 Å². The van der Waals surface area contributed by atoms with Crippen molar-refractivity contribution < 1.29 is 19.4 Å². The summed E-state index contributed by atoms with van der Waals surface area (Å²) in [6, 6.07) is 0. The van der Waals surface area contributed by atoms with E-state index in [-0.39, 0.29) is 12.1 Å². The van der Waals surface area contributed by atoms with E-state index in [1.165, 1.54) is 109 Å². The first-order chi connectivity index (χ1) is 17.1. The Bertz CT molecular complexity index is 463. The van der Waals surface area contributed by atoms with Crippen molar-refractivity contribution in [1.82, 2.24) is 0 Å². The van der Waals surface area contributed by atoms with Crippen molar-refractivity contribution in [2.45, 2.75) is 187 Å². The van der Waals surface area contributed by atoms with Crippen LogP contribution in [0.5, 0.6) is 0 Å². The summed E-state index contributed by atoms with van der Waals surface area (Å²) < 4.78 is 5.73. The van der Waals surface area contributed by atoms with Gasteiger partial charge in [-0.15, -0.1) is 0 Å². The number of rotatable bonds is 28. The van der Waals surface area contributed by atoms with Gasteiger partial charge in [0.1, 0.15) is 6.10 Å². The van der Waals surface area contributed by atoms with Crippen LogP contribution in [-0.2, 0) is 14.3 Å². The van der Waals surface area contributed by atoms with E-state index in [0.717, 1.165) is 44.9 Å². The zero-order valence-corrected chi connectivity index (χ0v) is 23.6. The number of carboxylic acid groups (broad SMARTS) is 1. The number of carboxylic acids is 1. The second-order valence-corrected chi connectivity index (χ2v) is 10.6. The fourth-order valence-electron chi connectivity index (χ4n) is 4.76. The Hall–Kier alpha value is -1.06. The van der Waals surface area contributed by atoms with Crippen LogP contribution in [0.4, 0.5) is 0 Å². The van der Waals surface area contributed by atoms with Gasteiger partial charge < -0.3 is 9.84 Å². The Morgan fingerprint density at radius 3 is 1.31 bits per heavy atom. The van der Waals surface area contributed by atoms with Crippen LogP contribution in [0, 0.1) is 0 Å². The lowest BCUT2D eigenvalue weighted by atomic mass is 10.0. The summed E-state index contributed by atoms with van der Waals surface area (Å²) >= 11 is 0. The summed E-state index contributed by atoms with van der Waals surface area (Å²) in [4.78, 5) is 22.6. The first-order valence-corrected chi connectivity index (χ1v) is 15.5. The first-order valence-electron chi connectivity index (χ1n) is 15.5. The molecular weight excluding hydrogens is 436 g/mol. The molecule has 0 saturated heterocycles. The number of carbonyl (C=O) groups excluding carboxylic acids is 1. The summed E-state index contributed by atoms with van der Waals surface area (Å²) in [5.41, 5.74) is 0. The number of hydrogen-bond acceptors (Lipinski definition) is 3. The molecule has 0 bridgehead atoms. The van der Waals surface area contributed by atoms with Crippen LogP contribution >= 0.6 is 0 Å². The highest BCUT2D eigenvalue weighted by Crippen LogP contribution is 2.16. The smallest absolute Gasteiger partial charge is 0.306 e. The first kappa shape index (κ1) is 33.9. The minimum atomic E-state index is -0.673. The Kier molecular flexibility index (Phi) is 26.7. The van der Waals surface area contributed by atoms with Gasteiger partial charge in [0.15, 0.2) is 0 Å². The van der Waals surface area contributed by atoms with Gasteiger partial charge in [-0.25, -0.2) is 0 Å². The van der Waals surface area contributed by atoms with E-state index in [0.29, 0.717) is 12.8 Å². The third-order valence-corrected chi connectivity index (χ3v) is 7.15. The van der Waals surface area contributed by atoms with Crippen molar-refractivity contribution in [3.8, 4) is 0 Å². The van der Waals surface area contributed by atoms with Crippen LogP contribution in [0.15, 0.2) is 0 Å². The van der Waals surface area contributed by atoms with Gasteiger partial charge in [0.05, 0.1) is 0 Å². The highest BCUT2D eigenvalue weighted by atomic mass is 16.5. The zero-order chi connectivity index (χ0) is 25.8. The van der Waals surface area contributed by atoms with E-state index in [9.17, 15) is 9.59 Å². The predicted molar refractivity (Wildman–Crippen MR) is 149 cm³/mol. The molecule has 208 valence electrons. The van der Waals surface area contributed by atoms with Crippen molar-refractivity contribution >= 4 is 11.9 Å². The van der Waals surface area contributed by atoms with Crippen molar-refractivity contribution in [3.05, 3.63) is 0 Å². The van der Waals surface area contributed by atoms with Gasteiger partial charge in [-0.1, -0.05) is 136 Å². The van der Waals surface area contributed by atoms with Gasteiger partial charge in [0.25, 0.3) is 0 Å². The standard InChI is InChI=1S/C31H60O4/c1-3-5-6-7-8-9-11-16-19-22-25-28-31(34)35-29(4-2)26-23-20-17-14-12-10-13-15-18-21-24-27-30(32)33/h29H,3-28H2,1-2H3,(H,32,33). The molecule has 0 radical (unpaired) electrons. The summed E-state index contributed by atoms with van der Waals surface area (Å²) in [5, 5.41) is 8.62. The van der Waals surface area contributed by atoms with Gasteiger partial charge >= 0.3 is 11.9 Å². The molecule has 0 saturated carbocycles. The zero-order valence-electron chi connectivity index (χ0n) is 23.6. The minimum Gasteiger partial charge on any atom is -0.481 e. The molecule has 4 heteroatoms. The van der Waals surface area contributed by atoms with E-state index in [1.807, 2.05) is 0 Å². The van der Waals surface area contributed by atoms with Crippen LogP contribution in [-0.4, -0.2) is 23.1 Å². The van der Waals surface area contributed by atoms with Crippen LogP contribution in [0.25, 0.3) is 0 Å². The summed E-state index contributed by atoms with van der Waals surface area (Å²) in [7, 11) is 0. The molecule has 4 nitrogen and oxygen atoms in total. The van der Waals surface area contributed by atoms with E-state index in [1.54, 1.807) is 0 Å². The van der Waals surface area contributed by atoms with Gasteiger partial charge in [-0.2, -0.15) is 0 Å². The molecule has 0 aromatic heterocycles. The molecule has 1 unspecified atom stereocenters. The number of carbonyl (C=O) groups is 2. The van der Waals surface area contributed by atoms with Crippen LogP contribution in [0.1, 0.15) is 181 Å². The molecule has 0 aromatic rings. The Morgan fingerprint density at radius 1 is 0.543 bits per heavy atom.